The van der Waals surface area contributed by atoms with Gasteiger partial charge in [0.25, 0.3) is 0 Å². The maximum Gasteiger partial charge on any atom is 0.158 e. The van der Waals surface area contributed by atoms with Crippen LogP contribution >= 0.6 is 0 Å². The first-order valence-electron chi connectivity index (χ1n) is 6.89. The van der Waals surface area contributed by atoms with E-state index >= 15 is 0 Å². The summed E-state index contributed by atoms with van der Waals surface area (Å²) in [5.74, 6) is 7.67. The number of nitrogens with one attached hydrogen (secondary N) is 1. The van der Waals surface area contributed by atoms with Crippen molar-refractivity contribution in [1.82, 2.24) is 9.97 Å². The minimum atomic E-state index is 0.414. The minimum Gasteiger partial charge on any atom is -0.374 e. The van der Waals surface area contributed by atoms with Crippen molar-refractivity contribution in [3.05, 3.63) is 11.9 Å². The van der Waals surface area contributed by atoms with E-state index in [4.69, 9.17) is 10.6 Å². The van der Waals surface area contributed by atoms with Crippen LogP contribution in [0.2, 0.25) is 0 Å². The fraction of sp³-hybridized carbons (Fsp3) is 0.692. The summed E-state index contributed by atoms with van der Waals surface area (Å²) in [4.78, 5) is 11.1. The molecule has 0 radical (unpaired) electrons. The predicted molar refractivity (Wildman–Crippen MR) is 75.8 cm³/mol. The molecule has 0 bridgehead atoms. The molecule has 1 aromatic rings. The van der Waals surface area contributed by atoms with E-state index in [1.165, 1.54) is 25.7 Å². The number of hydrazine groups is 1. The Balaban J connectivity index is 2.17. The maximum atomic E-state index is 5.47. The van der Waals surface area contributed by atoms with Gasteiger partial charge in [-0.2, -0.15) is 0 Å². The second-order valence-electron chi connectivity index (χ2n) is 4.86. The Morgan fingerprint density at radius 3 is 2.79 bits per heavy atom. The van der Waals surface area contributed by atoms with Gasteiger partial charge in [0, 0.05) is 25.8 Å². The summed E-state index contributed by atoms with van der Waals surface area (Å²) in [5, 5.41) is 0. The van der Waals surface area contributed by atoms with Gasteiger partial charge in [-0.3, -0.25) is 0 Å². The first-order chi connectivity index (χ1) is 9.24. The number of nitrogens with zero attached hydrogens (tertiary/aromatic N) is 3. The third kappa shape index (κ3) is 3.54. The van der Waals surface area contributed by atoms with E-state index in [0.717, 1.165) is 5.82 Å². The zero-order valence-electron chi connectivity index (χ0n) is 11.7. The monoisotopic (exact) mass is 265 g/mol. The van der Waals surface area contributed by atoms with Crippen LogP contribution in [0.25, 0.3) is 0 Å². The molecule has 0 unspecified atom stereocenters. The normalized spacial score (nSPS) is 15.7. The lowest BCUT2D eigenvalue weighted by atomic mass is 10.2. The van der Waals surface area contributed by atoms with Gasteiger partial charge in [0.05, 0.1) is 0 Å². The van der Waals surface area contributed by atoms with Crippen LogP contribution in [0, 0.1) is 0 Å². The largest absolute Gasteiger partial charge is 0.374 e. The highest BCUT2D eigenvalue weighted by Crippen LogP contribution is 2.26. The smallest absolute Gasteiger partial charge is 0.158 e. The summed E-state index contributed by atoms with van der Waals surface area (Å²) in [6.07, 6.45) is 5.06. The van der Waals surface area contributed by atoms with E-state index in [0.29, 0.717) is 30.9 Å². The maximum absolute atomic E-state index is 5.47. The summed E-state index contributed by atoms with van der Waals surface area (Å²) in [7, 11) is 2.09. The summed E-state index contributed by atoms with van der Waals surface area (Å²) in [6, 6.07) is 2.45. The average Bonchev–Trinajstić information content (AvgIpc) is 2.98. The number of nitrogen functional groups attached to an aromatic ring is 1. The van der Waals surface area contributed by atoms with Crippen molar-refractivity contribution in [2.75, 3.05) is 24.0 Å². The van der Waals surface area contributed by atoms with Gasteiger partial charge < -0.3 is 15.1 Å². The Labute approximate surface area is 114 Å². The van der Waals surface area contributed by atoms with Crippen LogP contribution in [0.4, 0.5) is 11.6 Å². The van der Waals surface area contributed by atoms with E-state index in [1.807, 2.05) is 13.0 Å². The van der Waals surface area contributed by atoms with E-state index in [9.17, 15) is 0 Å². The lowest BCUT2D eigenvalue weighted by Gasteiger charge is -2.26. The van der Waals surface area contributed by atoms with Crippen LogP contribution in [-0.4, -0.2) is 29.7 Å². The molecule has 19 heavy (non-hydrogen) atoms. The molecule has 0 saturated heterocycles. The Morgan fingerprint density at radius 2 is 2.16 bits per heavy atom. The number of aromatic nitrogens is 2. The third-order valence-corrected chi connectivity index (χ3v) is 3.58. The van der Waals surface area contributed by atoms with Crippen LogP contribution in [0.1, 0.15) is 38.4 Å². The summed E-state index contributed by atoms with van der Waals surface area (Å²) < 4.78 is 5.37. The molecule has 1 saturated carbocycles. The molecule has 2 rings (SSSR count). The number of hydrogen-bond acceptors (Lipinski definition) is 6. The zero-order valence-corrected chi connectivity index (χ0v) is 11.7. The van der Waals surface area contributed by atoms with Gasteiger partial charge in [0.2, 0.25) is 0 Å². The molecule has 6 nitrogen and oxygen atoms in total. The van der Waals surface area contributed by atoms with E-state index in [-0.39, 0.29) is 0 Å². The predicted octanol–water partition coefficient (Wildman–Crippen LogP) is 1.68. The van der Waals surface area contributed by atoms with Crippen molar-refractivity contribution in [3.8, 4) is 0 Å². The molecule has 0 atom stereocenters. The van der Waals surface area contributed by atoms with Crippen molar-refractivity contribution < 1.29 is 4.74 Å². The van der Waals surface area contributed by atoms with Gasteiger partial charge >= 0.3 is 0 Å². The SMILES string of the molecule is CCOCc1nc(NN)cc(N(C)C2CCCC2)n1. The molecule has 1 fully saturated rings. The summed E-state index contributed by atoms with van der Waals surface area (Å²) in [6.45, 7) is 3.02. The summed E-state index contributed by atoms with van der Waals surface area (Å²) >= 11 is 0. The molecule has 3 N–H and O–H groups in total. The van der Waals surface area contributed by atoms with Crippen LogP contribution in [-0.2, 0) is 11.3 Å². The number of rotatable bonds is 6. The van der Waals surface area contributed by atoms with Gasteiger partial charge in [0.1, 0.15) is 18.2 Å². The van der Waals surface area contributed by atoms with Gasteiger partial charge in [-0.15, -0.1) is 0 Å². The third-order valence-electron chi connectivity index (χ3n) is 3.58. The highest BCUT2D eigenvalue weighted by Gasteiger charge is 2.21. The Bertz CT molecular complexity index is 406. The molecule has 6 heteroatoms. The highest BCUT2D eigenvalue weighted by molar-refractivity contribution is 5.49. The molecule has 106 valence electrons. The molecule has 1 aliphatic carbocycles. The van der Waals surface area contributed by atoms with Gasteiger partial charge in [-0.1, -0.05) is 12.8 Å². The standard InChI is InChI=1S/C13H23N5O/c1-3-19-9-12-15-11(17-14)8-13(16-12)18(2)10-6-4-5-7-10/h8,10H,3-7,9,14H2,1-2H3,(H,15,16,17). The van der Waals surface area contributed by atoms with Crippen LogP contribution in [0.3, 0.4) is 0 Å². The summed E-state index contributed by atoms with van der Waals surface area (Å²) in [5.41, 5.74) is 2.60. The topological polar surface area (TPSA) is 76.3 Å². The molecule has 1 heterocycles. The molecule has 0 spiro atoms. The minimum absolute atomic E-state index is 0.414. The lowest BCUT2D eigenvalue weighted by Crippen LogP contribution is -2.30. The Kier molecular flexibility index (Phi) is 4.93. The van der Waals surface area contributed by atoms with Gasteiger partial charge in [0.15, 0.2) is 5.82 Å². The highest BCUT2D eigenvalue weighted by atomic mass is 16.5. The Morgan fingerprint density at radius 1 is 1.42 bits per heavy atom. The number of anilines is 2. The quantitative estimate of drug-likeness (QED) is 0.602. The number of nitrogens with two attached hydrogens (primary N) is 1. The molecule has 1 aromatic heterocycles. The molecule has 0 aromatic carbocycles. The first-order valence-corrected chi connectivity index (χ1v) is 6.89. The van der Waals surface area contributed by atoms with Gasteiger partial charge in [-0.05, 0) is 19.8 Å². The van der Waals surface area contributed by atoms with Crippen molar-refractivity contribution in [1.29, 1.82) is 0 Å². The molecule has 0 amide bonds. The van der Waals surface area contributed by atoms with Crippen molar-refractivity contribution in [2.24, 2.45) is 5.84 Å². The van der Waals surface area contributed by atoms with Crippen LogP contribution in [0.5, 0.6) is 0 Å². The fourth-order valence-electron chi connectivity index (χ4n) is 2.47. The Hall–Kier alpha value is -1.40. The van der Waals surface area contributed by atoms with Crippen LogP contribution in [0.15, 0.2) is 6.07 Å². The molecule has 1 aliphatic rings. The van der Waals surface area contributed by atoms with Gasteiger partial charge in [-0.25, -0.2) is 15.8 Å². The average molecular weight is 265 g/mol. The fourth-order valence-corrected chi connectivity index (χ4v) is 2.47. The van der Waals surface area contributed by atoms with Crippen LogP contribution < -0.4 is 16.2 Å². The molecule has 0 aliphatic heterocycles. The van der Waals surface area contributed by atoms with Crippen molar-refractivity contribution >= 4 is 11.6 Å². The zero-order chi connectivity index (χ0) is 13.7. The number of hydrogen-bond donors (Lipinski definition) is 2. The molecular formula is C13H23N5O. The lowest BCUT2D eigenvalue weighted by molar-refractivity contribution is 0.128. The van der Waals surface area contributed by atoms with Crippen molar-refractivity contribution in [2.45, 2.75) is 45.3 Å². The second-order valence-corrected chi connectivity index (χ2v) is 4.86. The van der Waals surface area contributed by atoms with E-state index < -0.39 is 0 Å². The van der Waals surface area contributed by atoms with Crippen molar-refractivity contribution in [3.63, 3.8) is 0 Å². The molecular weight excluding hydrogens is 242 g/mol. The van der Waals surface area contributed by atoms with E-state index in [1.54, 1.807) is 0 Å². The second kappa shape index (κ2) is 6.68. The van der Waals surface area contributed by atoms with E-state index in [2.05, 4.69) is 27.3 Å². The first kappa shape index (κ1) is 14.0. The number of ether oxygens (including phenoxy) is 1.